The van der Waals surface area contributed by atoms with Gasteiger partial charge in [-0.05, 0) is 86.9 Å². The highest BCUT2D eigenvalue weighted by molar-refractivity contribution is 7.91. The summed E-state index contributed by atoms with van der Waals surface area (Å²) in [6, 6.07) is 4.94. The molecule has 2 saturated carbocycles. The highest BCUT2D eigenvalue weighted by Crippen LogP contribution is 2.47. The molecule has 1 saturated heterocycles. The van der Waals surface area contributed by atoms with Crippen LogP contribution in [0.25, 0.3) is 10.8 Å². The van der Waals surface area contributed by atoms with Crippen molar-refractivity contribution in [3.05, 3.63) is 42.6 Å². The van der Waals surface area contributed by atoms with Crippen LogP contribution in [0.2, 0.25) is 0 Å². The van der Waals surface area contributed by atoms with Crippen LogP contribution in [0.5, 0.6) is 11.6 Å². The van der Waals surface area contributed by atoms with Gasteiger partial charge in [-0.3, -0.25) is 19.1 Å². The standard InChI is InChI=1S/C36H47N5O9S/c1-5-22-16-21(2)8-6-7-9-24-19-36(24,33(44)40-51(47,48)35(3)13-14-35)39-30(42)28-18-26(20-41(28)32(43)29(22)38-34(45)46)50-31-27-11-10-25(49-4)17-23(27)12-15-37-31/h7,9-12,15,17,21-22,24,26,28-29,38H,5-6,8,13-14,16,18-20H2,1-4H3,(H,39,42)(H,40,44)(H,45,46)/b9-7-/t21-,22-,24-,26-,28+,29+,36?/m1/s1. The number of fused-ring (bicyclic) bond motifs is 3. The third kappa shape index (κ3) is 7.35. The zero-order valence-electron chi connectivity index (χ0n) is 29.4. The van der Waals surface area contributed by atoms with Crippen molar-refractivity contribution in [2.24, 2.45) is 17.8 Å². The molecule has 6 rings (SSSR count). The maximum absolute atomic E-state index is 14.5. The van der Waals surface area contributed by atoms with Crippen molar-refractivity contribution in [2.75, 3.05) is 13.7 Å². The maximum atomic E-state index is 14.5. The fraction of sp³-hybridized carbons (Fsp3) is 0.583. The fourth-order valence-electron chi connectivity index (χ4n) is 7.46. The van der Waals surface area contributed by atoms with Crippen LogP contribution in [0.15, 0.2) is 42.6 Å². The molecule has 7 atom stereocenters. The number of aromatic nitrogens is 1. The minimum atomic E-state index is -4.00. The first-order chi connectivity index (χ1) is 24.2. The van der Waals surface area contributed by atoms with Gasteiger partial charge in [0, 0.05) is 23.9 Å². The van der Waals surface area contributed by atoms with E-state index in [0.717, 1.165) is 11.8 Å². The van der Waals surface area contributed by atoms with Crippen molar-refractivity contribution in [1.29, 1.82) is 0 Å². The summed E-state index contributed by atoms with van der Waals surface area (Å²) in [5.41, 5.74) is -1.54. The Morgan fingerprint density at radius 1 is 1.18 bits per heavy atom. The van der Waals surface area contributed by atoms with Gasteiger partial charge in [-0.1, -0.05) is 32.4 Å². The van der Waals surface area contributed by atoms with E-state index < -0.39 is 68.2 Å². The van der Waals surface area contributed by atoms with E-state index in [1.54, 1.807) is 26.3 Å². The number of methoxy groups -OCH3 is 1. The second-order valence-corrected chi connectivity index (χ2v) is 17.0. The van der Waals surface area contributed by atoms with Gasteiger partial charge in [0.25, 0.3) is 5.91 Å². The monoisotopic (exact) mass is 725 g/mol. The van der Waals surface area contributed by atoms with Gasteiger partial charge in [0.05, 0.1) is 18.4 Å². The Morgan fingerprint density at radius 3 is 2.63 bits per heavy atom. The number of rotatable bonds is 8. The van der Waals surface area contributed by atoms with E-state index in [0.29, 0.717) is 49.1 Å². The zero-order valence-corrected chi connectivity index (χ0v) is 30.2. The molecular formula is C36H47N5O9S. The van der Waals surface area contributed by atoms with E-state index >= 15 is 0 Å². The molecule has 4 N–H and O–H groups in total. The fourth-order valence-corrected chi connectivity index (χ4v) is 8.77. The van der Waals surface area contributed by atoms with Crippen LogP contribution >= 0.6 is 0 Å². The Bertz CT molecular complexity index is 1850. The molecule has 1 aromatic heterocycles. The molecule has 3 fully saturated rings. The number of pyridine rings is 1. The molecule has 15 heteroatoms. The Morgan fingerprint density at radius 2 is 1.94 bits per heavy atom. The lowest BCUT2D eigenvalue weighted by Gasteiger charge is -2.33. The molecule has 2 aliphatic heterocycles. The lowest BCUT2D eigenvalue weighted by Crippen LogP contribution is -2.59. The molecule has 0 spiro atoms. The van der Waals surface area contributed by atoms with E-state index in [1.807, 2.05) is 37.3 Å². The van der Waals surface area contributed by atoms with E-state index in [1.165, 1.54) is 4.90 Å². The number of allylic oxidation sites excluding steroid dienone is 1. The third-order valence-electron chi connectivity index (χ3n) is 11.1. The van der Waals surface area contributed by atoms with Crippen molar-refractivity contribution < 1.29 is 42.2 Å². The van der Waals surface area contributed by atoms with Crippen molar-refractivity contribution >= 4 is 44.6 Å². The van der Waals surface area contributed by atoms with Crippen LogP contribution in [-0.4, -0.2) is 89.4 Å². The summed E-state index contributed by atoms with van der Waals surface area (Å²) in [6.07, 6.45) is 6.87. The summed E-state index contributed by atoms with van der Waals surface area (Å²) >= 11 is 0. The van der Waals surface area contributed by atoms with Gasteiger partial charge >= 0.3 is 6.09 Å². The molecule has 1 aromatic carbocycles. The number of carbonyl (C=O) groups excluding carboxylic acids is 3. The van der Waals surface area contributed by atoms with Gasteiger partial charge in [-0.25, -0.2) is 18.2 Å². The molecule has 0 bridgehead atoms. The average molecular weight is 726 g/mol. The smallest absolute Gasteiger partial charge is 0.405 e. The molecule has 1 unspecified atom stereocenters. The van der Waals surface area contributed by atoms with Gasteiger partial charge in [-0.2, -0.15) is 0 Å². The highest BCUT2D eigenvalue weighted by atomic mass is 32.2. The third-order valence-corrected chi connectivity index (χ3v) is 13.3. The maximum Gasteiger partial charge on any atom is 0.405 e. The van der Waals surface area contributed by atoms with Gasteiger partial charge in [0.1, 0.15) is 29.5 Å². The predicted octanol–water partition coefficient (Wildman–Crippen LogP) is 3.50. The molecule has 51 heavy (non-hydrogen) atoms. The van der Waals surface area contributed by atoms with E-state index in [2.05, 4.69) is 27.3 Å². The average Bonchev–Trinajstić information content (AvgIpc) is 3.97. The van der Waals surface area contributed by atoms with E-state index in [4.69, 9.17) is 9.47 Å². The minimum absolute atomic E-state index is 0.0212. The molecule has 3 heterocycles. The summed E-state index contributed by atoms with van der Waals surface area (Å²) in [7, 11) is -2.43. The molecule has 4 aliphatic rings. The summed E-state index contributed by atoms with van der Waals surface area (Å²) in [5, 5.41) is 16.6. The molecule has 14 nitrogen and oxygen atoms in total. The first-order valence-electron chi connectivity index (χ1n) is 17.6. The Balaban J connectivity index is 1.35. The van der Waals surface area contributed by atoms with Crippen LogP contribution in [0, 0.1) is 17.8 Å². The number of amides is 4. The number of benzene rings is 1. The van der Waals surface area contributed by atoms with E-state index in [-0.39, 0.29) is 31.2 Å². The van der Waals surface area contributed by atoms with Crippen LogP contribution in [0.1, 0.15) is 72.1 Å². The van der Waals surface area contributed by atoms with Crippen LogP contribution in [0.4, 0.5) is 4.79 Å². The molecule has 4 amide bonds. The largest absolute Gasteiger partial charge is 0.497 e. The number of sulfonamides is 1. The summed E-state index contributed by atoms with van der Waals surface area (Å²) in [5.74, 6) is -1.77. The van der Waals surface area contributed by atoms with Gasteiger partial charge in [0.2, 0.25) is 27.7 Å². The molecular weight excluding hydrogens is 678 g/mol. The zero-order chi connectivity index (χ0) is 36.7. The van der Waals surface area contributed by atoms with Gasteiger partial charge in [0.15, 0.2) is 0 Å². The Labute approximate surface area is 297 Å². The van der Waals surface area contributed by atoms with Crippen LogP contribution in [0.3, 0.4) is 0 Å². The van der Waals surface area contributed by atoms with Crippen molar-refractivity contribution in [3.8, 4) is 11.6 Å². The van der Waals surface area contributed by atoms with Gasteiger partial charge in [-0.15, -0.1) is 0 Å². The Hall–Kier alpha value is -4.40. The number of nitrogens with one attached hydrogen (secondary N) is 3. The first kappa shape index (κ1) is 36.4. The topological polar surface area (TPSA) is 193 Å². The number of carboxylic acid groups (broad SMARTS) is 1. The summed E-state index contributed by atoms with van der Waals surface area (Å²) in [4.78, 5) is 60.4. The number of ether oxygens (including phenoxy) is 2. The normalized spacial score (nSPS) is 31.2. The number of hydrogen-bond acceptors (Lipinski definition) is 9. The Kier molecular flexibility index (Phi) is 9.96. The van der Waals surface area contributed by atoms with Crippen molar-refractivity contribution in [2.45, 2.75) is 101 Å². The lowest BCUT2D eigenvalue weighted by atomic mass is 9.85. The van der Waals surface area contributed by atoms with Crippen LogP contribution < -0.4 is 24.8 Å². The second-order valence-electron chi connectivity index (χ2n) is 14.8. The SMILES string of the molecule is CC[C@@H]1C[C@H](C)CC/C=C\[C@@H]2CC2(C(=O)NS(=O)(=O)C2(C)CC2)NC(=O)[C@@H]2C[C@@H](Oc3nccc4cc(OC)ccc34)CN2C(=O)[C@H]1NC(=O)O. The van der Waals surface area contributed by atoms with Crippen LogP contribution in [-0.2, 0) is 24.4 Å². The number of hydrogen-bond donors (Lipinski definition) is 4. The number of carbonyl (C=O) groups is 4. The first-order valence-corrected chi connectivity index (χ1v) is 19.1. The molecule has 0 radical (unpaired) electrons. The lowest BCUT2D eigenvalue weighted by molar-refractivity contribution is -0.142. The minimum Gasteiger partial charge on any atom is -0.497 e. The summed E-state index contributed by atoms with van der Waals surface area (Å²) < 4.78 is 39.1. The van der Waals surface area contributed by atoms with Gasteiger partial charge < -0.3 is 30.1 Å². The molecule has 276 valence electrons. The number of nitrogens with zero attached hydrogens (tertiary/aromatic N) is 2. The molecule has 2 aliphatic carbocycles. The second kappa shape index (κ2) is 14.0. The van der Waals surface area contributed by atoms with Crippen molar-refractivity contribution in [3.63, 3.8) is 0 Å². The van der Waals surface area contributed by atoms with Crippen molar-refractivity contribution in [1.82, 2.24) is 25.2 Å². The quantitative estimate of drug-likeness (QED) is 0.293. The van der Waals surface area contributed by atoms with E-state index in [9.17, 15) is 32.7 Å². The predicted molar refractivity (Wildman–Crippen MR) is 187 cm³/mol. The highest BCUT2D eigenvalue weighted by Gasteiger charge is 2.63. The summed E-state index contributed by atoms with van der Waals surface area (Å²) in [6.45, 7) is 5.48. The molecule has 2 aromatic rings.